The van der Waals surface area contributed by atoms with Gasteiger partial charge in [0.2, 0.25) is 5.91 Å². The van der Waals surface area contributed by atoms with Crippen molar-refractivity contribution in [2.45, 2.75) is 45.3 Å². The van der Waals surface area contributed by atoms with Crippen LogP contribution in [0.2, 0.25) is 0 Å². The summed E-state index contributed by atoms with van der Waals surface area (Å²) in [5.74, 6) is 1.50. The van der Waals surface area contributed by atoms with E-state index in [-0.39, 0.29) is 23.8 Å². The number of nitrogens with zero attached hydrogens (tertiary/aromatic N) is 1. The van der Waals surface area contributed by atoms with Crippen molar-refractivity contribution in [3.8, 4) is 11.5 Å². The van der Waals surface area contributed by atoms with Crippen LogP contribution in [0, 0.1) is 12.8 Å². The molecule has 2 atom stereocenters. The molecule has 0 unspecified atom stereocenters. The third-order valence-corrected chi connectivity index (χ3v) is 6.95. The Balaban J connectivity index is 1.38. The van der Waals surface area contributed by atoms with Crippen LogP contribution >= 0.6 is 0 Å². The molecule has 0 saturated heterocycles. The molecule has 1 N–H and O–H groups in total. The van der Waals surface area contributed by atoms with Crippen LogP contribution in [0.1, 0.15) is 48.1 Å². The molecule has 0 bridgehead atoms. The molecule has 2 aliphatic rings. The minimum atomic E-state index is -0.699. The highest BCUT2D eigenvalue weighted by atomic mass is 16.5. The molecule has 1 aliphatic heterocycles. The van der Waals surface area contributed by atoms with Gasteiger partial charge in [0.05, 0.1) is 13.2 Å². The Kier molecular flexibility index (Phi) is 6.68. The monoisotopic (exact) mass is 484 g/mol. The van der Waals surface area contributed by atoms with Crippen molar-refractivity contribution in [3.05, 3.63) is 89.0 Å². The van der Waals surface area contributed by atoms with Crippen LogP contribution in [-0.2, 0) is 16.0 Å². The molecule has 6 heteroatoms. The van der Waals surface area contributed by atoms with Crippen molar-refractivity contribution in [1.29, 1.82) is 0 Å². The lowest BCUT2D eigenvalue weighted by atomic mass is 9.87. The molecule has 1 fully saturated rings. The zero-order valence-electron chi connectivity index (χ0n) is 21.0. The molecule has 3 aromatic rings. The lowest BCUT2D eigenvalue weighted by Gasteiger charge is -2.38. The van der Waals surface area contributed by atoms with Crippen molar-refractivity contribution in [3.63, 3.8) is 0 Å². The highest BCUT2D eigenvalue weighted by Gasteiger charge is 2.39. The number of hydrogen-bond acceptors (Lipinski definition) is 4. The molecule has 5 rings (SSSR count). The van der Waals surface area contributed by atoms with Crippen LogP contribution in [0.3, 0.4) is 0 Å². The number of benzene rings is 3. The van der Waals surface area contributed by atoms with Crippen LogP contribution in [0.15, 0.2) is 66.7 Å². The van der Waals surface area contributed by atoms with Gasteiger partial charge in [0.25, 0.3) is 5.91 Å². The number of methoxy groups -OCH3 is 1. The van der Waals surface area contributed by atoms with Gasteiger partial charge in [-0.15, -0.1) is 0 Å². The SMILES string of the molecule is COc1ccc(NC(=O)[C@@H](C)Oc2ccc3c(c2)[C@H](c2cccc(C)c2)N(C(=O)C2CC2)CC3)cc1. The number of carbonyl (C=O) groups excluding carboxylic acids is 2. The molecular formula is C30H32N2O4. The fourth-order valence-corrected chi connectivity index (χ4v) is 4.84. The first-order chi connectivity index (χ1) is 17.4. The number of amides is 2. The Morgan fingerprint density at radius 3 is 2.44 bits per heavy atom. The third kappa shape index (κ3) is 5.08. The zero-order valence-corrected chi connectivity index (χ0v) is 21.0. The van der Waals surface area contributed by atoms with Crippen LogP contribution < -0.4 is 14.8 Å². The fraction of sp³-hybridized carbons (Fsp3) is 0.333. The molecule has 1 saturated carbocycles. The fourth-order valence-electron chi connectivity index (χ4n) is 4.84. The summed E-state index contributed by atoms with van der Waals surface area (Å²) in [6, 6.07) is 21.4. The van der Waals surface area contributed by atoms with Gasteiger partial charge >= 0.3 is 0 Å². The summed E-state index contributed by atoms with van der Waals surface area (Å²) in [5, 5.41) is 2.89. The molecule has 3 aromatic carbocycles. The number of carbonyl (C=O) groups is 2. The van der Waals surface area contributed by atoms with Crippen LogP contribution in [0.25, 0.3) is 0 Å². The highest BCUT2D eigenvalue weighted by molar-refractivity contribution is 5.94. The molecule has 2 amide bonds. The number of aryl methyl sites for hydroxylation is 1. The van der Waals surface area contributed by atoms with Crippen molar-refractivity contribution >= 4 is 17.5 Å². The first-order valence-electron chi connectivity index (χ1n) is 12.5. The number of fused-ring (bicyclic) bond motifs is 1. The van der Waals surface area contributed by atoms with Crippen molar-refractivity contribution in [1.82, 2.24) is 4.90 Å². The number of rotatable bonds is 7. The second kappa shape index (κ2) is 10.1. The van der Waals surface area contributed by atoms with Gasteiger partial charge in [-0.25, -0.2) is 0 Å². The van der Waals surface area contributed by atoms with E-state index in [0.717, 1.165) is 41.7 Å². The Hall–Kier alpha value is -3.80. The zero-order chi connectivity index (χ0) is 25.2. The van der Waals surface area contributed by atoms with E-state index in [1.807, 2.05) is 23.1 Å². The van der Waals surface area contributed by atoms with Gasteiger partial charge in [0.1, 0.15) is 11.5 Å². The van der Waals surface area contributed by atoms with Gasteiger partial charge in [0.15, 0.2) is 6.10 Å². The summed E-state index contributed by atoms with van der Waals surface area (Å²) in [6.07, 6.45) is 2.07. The molecule has 36 heavy (non-hydrogen) atoms. The maximum Gasteiger partial charge on any atom is 0.265 e. The van der Waals surface area contributed by atoms with E-state index in [1.165, 1.54) is 5.56 Å². The van der Waals surface area contributed by atoms with E-state index in [1.54, 1.807) is 38.3 Å². The Morgan fingerprint density at radius 2 is 1.75 bits per heavy atom. The normalized spacial score (nSPS) is 17.6. The maximum absolute atomic E-state index is 13.2. The van der Waals surface area contributed by atoms with E-state index in [9.17, 15) is 9.59 Å². The van der Waals surface area contributed by atoms with E-state index in [4.69, 9.17) is 9.47 Å². The number of hydrogen-bond donors (Lipinski definition) is 1. The third-order valence-electron chi connectivity index (χ3n) is 6.95. The minimum absolute atomic E-state index is 0.153. The summed E-state index contributed by atoms with van der Waals surface area (Å²) in [6.45, 7) is 4.52. The van der Waals surface area contributed by atoms with Gasteiger partial charge in [-0.3, -0.25) is 9.59 Å². The first-order valence-corrected chi connectivity index (χ1v) is 12.5. The molecule has 0 spiro atoms. The Morgan fingerprint density at radius 1 is 1.00 bits per heavy atom. The van der Waals surface area contributed by atoms with Gasteiger partial charge in [-0.1, -0.05) is 35.9 Å². The summed E-state index contributed by atoms with van der Waals surface area (Å²) in [7, 11) is 1.60. The minimum Gasteiger partial charge on any atom is -0.497 e. The molecule has 186 valence electrons. The van der Waals surface area contributed by atoms with Gasteiger partial charge < -0.3 is 19.7 Å². The predicted octanol–water partition coefficient (Wildman–Crippen LogP) is 5.29. The Labute approximate surface area is 212 Å². The van der Waals surface area contributed by atoms with E-state index >= 15 is 0 Å². The molecule has 0 aromatic heterocycles. The van der Waals surface area contributed by atoms with E-state index < -0.39 is 6.10 Å². The first kappa shape index (κ1) is 23.9. The van der Waals surface area contributed by atoms with Gasteiger partial charge in [0, 0.05) is 18.2 Å². The second-order valence-corrected chi connectivity index (χ2v) is 9.71. The average Bonchev–Trinajstić information content (AvgIpc) is 3.73. The van der Waals surface area contributed by atoms with E-state index in [0.29, 0.717) is 18.0 Å². The number of ether oxygens (including phenoxy) is 2. The molecule has 1 aliphatic carbocycles. The quantitative estimate of drug-likeness (QED) is 0.495. The standard InChI is InChI=1S/C30H32N2O4/c1-19-5-4-6-23(17-19)28-27-18-26(12-9-21(27)15-16-32(28)30(34)22-7-8-22)36-20(2)29(33)31-24-10-13-25(35-3)14-11-24/h4-6,9-14,17-18,20,22,28H,7-8,15-16H2,1-3H3,(H,31,33)/t20-,28+/m1/s1. The molecule has 0 radical (unpaired) electrons. The van der Waals surface area contributed by atoms with Crippen LogP contribution in [0.5, 0.6) is 11.5 Å². The largest absolute Gasteiger partial charge is 0.497 e. The summed E-state index contributed by atoms with van der Waals surface area (Å²) >= 11 is 0. The summed E-state index contributed by atoms with van der Waals surface area (Å²) in [5.41, 5.74) is 5.22. The van der Waals surface area contributed by atoms with Crippen LogP contribution in [-0.4, -0.2) is 36.5 Å². The van der Waals surface area contributed by atoms with Crippen molar-refractivity contribution in [2.75, 3.05) is 19.0 Å². The highest BCUT2D eigenvalue weighted by Crippen LogP contribution is 2.41. The topological polar surface area (TPSA) is 67.9 Å². The van der Waals surface area contributed by atoms with Crippen molar-refractivity contribution in [2.24, 2.45) is 5.92 Å². The van der Waals surface area contributed by atoms with E-state index in [2.05, 4.69) is 36.5 Å². The smallest absolute Gasteiger partial charge is 0.265 e. The number of anilines is 1. The van der Waals surface area contributed by atoms with Gasteiger partial charge in [-0.05, 0) is 86.2 Å². The lowest BCUT2D eigenvalue weighted by Crippen LogP contribution is -2.41. The van der Waals surface area contributed by atoms with Gasteiger partial charge in [-0.2, -0.15) is 0 Å². The summed E-state index contributed by atoms with van der Waals surface area (Å²) < 4.78 is 11.3. The maximum atomic E-state index is 13.2. The second-order valence-electron chi connectivity index (χ2n) is 9.71. The molecular weight excluding hydrogens is 452 g/mol. The predicted molar refractivity (Wildman–Crippen MR) is 139 cm³/mol. The molecule has 6 nitrogen and oxygen atoms in total. The van der Waals surface area contributed by atoms with Crippen LogP contribution in [0.4, 0.5) is 5.69 Å². The average molecular weight is 485 g/mol. The van der Waals surface area contributed by atoms with Crippen molar-refractivity contribution < 1.29 is 19.1 Å². The number of nitrogens with one attached hydrogen (secondary N) is 1. The molecule has 1 heterocycles. The summed E-state index contributed by atoms with van der Waals surface area (Å²) in [4.78, 5) is 28.1. The Bertz CT molecular complexity index is 1270. The lowest BCUT2D eigenvalue weighted by molar-refractivity contribution is -0.134.